The minimum absolute atomic E-state index is 0.0252. The van der Waals surface area contributed by atoms with Crippen LogP contribution in [0.3, 0.4) is 0 Å². The molecule has 1 aliphatic heterocycles. The second-order valence-corrected chi connectivity index (χ2v) is 10.4. The van der Waals surface area contributed by atoms with Gasteiger partial charge >= 0.3 is 0 Å². The van der Waals surface area contributed by atoms with Crippen LogP contribution in [0, 0.1) is 6.92 Å². The molecule has 1 aliphatic rings. The van der Waals surface area contributed by atoms with E-state index >= 15 is 0 Å². The number of rotatable bonds is 6. The lowest BCUT2D eigenvalue weighted by Crippen LogP contribution is -2.30. The standard InChI is InChI=1S/C26H24ClNO4S/c1-3-18-10-12-19(13-11-18)23-25(33(31,32)21-14-8-17(2)9-15-21)24(29)26(30)28(23)16-20-6-4-5-7-22(20)27/h4-15,23,29H,3,16H2,1-2H3/t23-/m1/s1. The van der Waals surface area contributed by atoms with E-state index in [0.717, 1.165) is 17.5 Å². The molecule has 0 bridgehead atoms. The van der Waals surface area contributed by atoms with Crippen molar-refractivity contribution in [1.82, 2.24) is 4.90 Å². The average molecular weight is 482 g/mol. The van der Waals surface area contributed by atoms with Gasteiger partial charge in [-0.3, -0.25) is 4.79 Å². The van der Waals surface area contributed by atoms with Crippen LogP contribution in [0.1, 0.15) is 35.2 Å². The Hall–Kier alpha value is -3.09. The van der Waals surface area contributed by atoms with Crippen LogP contribution in [-0.2, 0) is 27.6 Å². The quantitative estimate of drug-likeness (QED) is 0.501. The maximum Gasteiger partial charge on any atom is 0.290 e. The van der Waals surface area contributed by atoms with Crippen molar-refractivity contribution in [3.63, 3.8) is 0 Å². The largest absolute Gasteiger partial charge is 0.502 e. The Balaban J connectivity index is 1.86. The minimum atomic E-state index is -4.15. The molecule has 4 rings (SSSR count). The smallest absolute Gasteiger partial charge is 0.290 e. The van der Waals surface area contributed by atoms with Gasteiger partial charge in [-0.25, -0.2) is 8.42 Å². The Labute approximate surface area is 198 Å². The van der Waals surface area contributed by atoms with Crippen LogP contribution in [0.2, 0.25) is 5.02 Å². The van der Waals surface area contributed by atoms with E-state index in [0.29, 0.717) is 16.1 Å². The molecule has 1 atom stereocenters. The maximum atomic E-state index is 13.7. The Kier molecular flexibility index (Phi) is 6.32. The Morgan fingerprint density at radius 1 is 0.970 bits per heavy atom. The molecule has 33 heavy (non-hydrogen) atoms. The fourth-order valence-electron chi connectivity index (χ4n) is 3.99. The molecule has 5 nitrogen and oxygen atoms in total. The summed E-state index contributed by atoms with van der Waals surface area (Å²) in [6.07, 6.45) is 0.822. The molecule has 3 aromatic rings. The molecule has 0 saturated heterocycles. The lowest BCUT2D eigenvalue weighted by molar-refractivity contribution is -0.130. The first kappa shape index (κ1) is 23.1. The number of amides is 1. The number of hydrogen-bond acceptors (Lipinski definition) is 4. The molecular weight excluding hydrogens is 458 g/mol. The number of carbonyl (C=O) groups is 1. The summed E-state index contributed by atoms with van der Waals surface area (Å²) in [6.45, 7) is 3.93. The summed E-state index contributed by atoms with van der Waals surface area (Å²) in [5.74, 6) is -1.50. The zero-order valence-corrected chi connectivity index (χ0v) is 19.9. The van der Waals surface area contributed by atoms with E-state index in [9.17, 15) is 18.3 Å². The molecule has 0 unspecified atom stereocenters. The normalized spacial score (nSPS) is 16.5. The van der Waals surface area contributed by atoms with E-state index in [1.165, 1.54) is 17.0 Å². The first-order chi connectivity index (χ1) is 15.7. The lowest BCUT2D eigenvalue weighted by Gasteiger charge is -2.27. The summed E-state index contributed by atoms with van der Waals surface area (Å²) in [7, 11) is -4.15. The molecule has 0 fully saturated rings. The molecule has 0 aromatic heterocycles. The van der Waals surface area contributed by atoms with Crippen molar-refractivity contribution in [1.29, 1.82) is 0 Å². The van der Waals surface area contributed by atoms with Crippen molar-refractivity contribution >= 4 is 27.3 Å². The van der Waals surface area contributed by atoms with Crippen LogP contribution < -0.4 is 0 Å². The Morgan fingerprint density at radius 2 is 1.61 bits per heavy atom. The van der Waals surface area contributed by atoms with Crippen LogP contribution >= 0.6 is 11.6 Å². The van der Waals surface area contributed by atoms with Gasteiger partial charge in [0.25, 0.3) is 5.91 Å². The molecule has 3 aromatic carbocycles. The van der Waals surface area contributed by atoms with Crippen LogP contribution in [-0.4, -0.2) is 24.3 Å². The van der Waals surface area contributed by atoms with Crippen molar-refractivity contribution in [2.75, 3.05) is 0 Å². The molecule has 1 heterocycles. The van der Waals surface area contributed by atoms with Gasteiger partial charge in [0, 0.05) is 11.6 Å². The second-order valence-electron chi connectivity index (χ2n) is 8.05. The summed E-state index contributed by atoms with van der Waals surface area (Å²) in [5, 5.41) is 11.3. The number of sulfone groups is 1. The third-order valence-electron chi connectivity index (χ3n) is 5.88. The highest BCUT2D eigenvalue weighted by atomic mass is 35.5. The number of hydrogen-bond donors (Lipinski definition) is 1. The summed E-state index contributed by atoms with van der Waals surface area (Å²) >= 11 is 6.32. The topological polar surface area (TPSA) is 74.7 Å². The van der Waals surface area contributed by atoms with Crippen LogP contribution in [0.15, 0.2) is 88.4 Å². The van der Waals surface area contributed by atoms with Gasteiger partial charge in [-0.1, -0.05) is 78.7 Å². The van der Waals surface area contributed by atoms with E-state index < -0.39 is 27.5 Å². The average Bonchev–Trinajstić information content (AvgIpc) is 3.06. The summed E-state index contributed by atoms with van der Waals surface area (Å²) in [4.78, 5) is 14.3. The monoisotopic (exact) mass is 481 g/mol. The van der Waals surface area contributed by atoms with Gasteiger partial charge < -0.3 is 10.0 Å². The number of benzene rings is 3. The first-order valence-corrected chi connectivity index (χ1v) is 12.5. The Bertz CT molecular complexity index is 1330. The van der Waals surface area contributed by atoms with Gasteiger partial charge in [0.1, 0.15) is 4.91 Å². The maximum absolute atomic E-state index is 13.7. The molecule has 0 saturated carbocycles. The number of aliphatic hydroxyl groups is 1. The zero-order chi connectivity index (χ0) is 23.8. The zero-order valence-electron chi connectivity index (χ0n) is 18.3. The molecular formula is C26H24ClNO4S. The van der Waals surface area contributed by atoms with Crippen molar-refractivity contribution in [2.24, 2.45) is 0 Å². The predicted molar refractivity (Wildman–Crippen MR) is 129 cm³/mol. The summed E-state index contributed by atoms with van der Waals surface area (Å²) in [5.41, 5.74) is 3.24. The van der Waals surface area contributed by atoms with Crippen LogP contribution in [0.5, 0.6) is 0 Å². The number of carbonyl (C=O) groups excluding carboxylic acids is 1. The van der Waals surface area contributed by atoms with Crippen LogP contribution in [0.25, 0.3) is 0 Å². The van der Waals surface area contributed by atoms with E-state index in [1.54, 1.807) is 48.5 Å². The molecule has 170 valence electrons. The highest BCUT2D eigenvalue weighted by molar-refractivity contribution is 7.95. The van der Waals surface area contributed by atoms with Crippen LogP contribution in [0.4, 0.5) is 0 Å². The molecule has 7 heteroatoms. The molecule has 0 spiro atoms. The third-order valence-corrected chi connectivity index (χ3v) is 8.14. The van der Waals surface area contributed by atoms with Crippen molar-refractivity contribution in [2.45, 2.75) is 37.8 Å². The van der Waals surface area contributed by atoms with E-state index in [4.69, 9.17) is 11.6 Å². The number of nitrogens with zero attached hydrogens (tertiary/aromatic N) is 1. The van der Waals surface area contributed by atoms with Crippen molar-refractivity contribution < 1.29 is 18.3 Å². The van der Waals surface area contributed by atoms with Crippen molar-refractivity contribution in [3.8, 4) is 0 Å². The first-order valence-electron chi connectivity index (χ1n) is 10.6. The highest BCUT2D eigenvalue weighted by Crippen LogP contribution is 2.43. The fraction of sp³-hybridized carbons (Fsp3) is 0.192. The van der Waals surface area contributed by atoms with Gasteiger partial charge in [-0.15, -0.1) is 0 Å². The fourth-order valence-corrected chi connectivity index (χ4v) is 5.83. The van der Waals surface area contributed by atoms with E-state index in [2.05, 4.69) is 0 Å². The lowest BCUT2D eigenvalue weighted by atomic mass is 10.0. The van der Waals surface area contributed by atoms with Crippen molar-refractivity contribution in [3.05, 3.63) is 111 Å². The molecule has 0 radical (unpaired) electrons. The number of aliphatic hydroxyl groups excluding tert-OH is 1. The van der Waals surface area contributed by atoms with Gasteiger partial charge in [-0.05, 0) is 48.2 Å². The molecule has 0 aliphatic carbocycles. The predicted octanol–water partition coefficient (Wildman–Crippen LogP) is 5.54. The van der Waals surface area contributed by atoms with Gasteiger partial charge in [0.2, 0.25) is 9.84 Å². The third kappa shape index (κ3) is 4.28. The summed E-state index contributed by atoms with van der Waals surface area (Å²) < 4.78 is 27.3. The molecule has 1 N–H and O–H groups in total. The molecule has 1 amide bonds. The van der Waals surface area contributed by atoms with Gasteiger partial charge in [0.15, 0.2) is 5.76 Å². The van der Waals surface area contributed by atoms with Gasteiger partial charge in [0.05, 0.1) is 10.9 Å². The number of halogens is 1. The highest BCUT2D eigenvalue weighted by Gasteiger charge is 2.46. The SMILES string of the molecule is CCc1ccc([C@@H]2C(S(=O)(=O)c3ccc(C)cc3)=C(O)C(=O)N2Cc2ccccc2Cl)cc1. The summed E-state index contributed by atoms with van der Waals surface area (Å²) in [6, 6.07) is 19.8. The Morgan fingerprint density at radius 3 is 2.21 bits per heavy atom. The van der Waals surface area contributed by atoms with E-state index in [-0.39, 0.29) is 16.3 Å². The number of aryl methyl sites for hydroxylation is 2. The minimum Gasteiger partial charge on any atom is -0.502 e. The van der Waals surface area contributed by atoms with Gasteiger partial charge in [-0.2, -0.15) is 0 Å². The second kappa shape index (κ2) is 9.04. The van der Waals surface area contributed by atoms with E-state index in [1.807, 2.05) is 26.0 Å².